The fraction of sp³-hybridized carbons (Fsp3) is 0.158. The second-order valence-corrected chi connectivity index (χ2v) is 5.92. The Labute approximate surface area is 145 Å². The third-order valence-electron chi connectivity index (χ3n) is 3.82. The van der Waals surface area contributed by atoms with Crippen molar-refractivity contribution in [2.75, 3.05) is 0 Å². The third kappa shape index (κ3) is 3.78. The van der Waals surface area contributed by atoms with E-state index in [1.165, 1.54) is 6.07 Å². The minimum atomic E-state index is -0.219. The predicted octanol–water partition coefficient (Wildman–Crippen LogP) is 4.46. The van der Waals surface area contributed by atoms with E-state index in [1.807, 2.05) is 30.3 Å². The van der Waals surface area contributed by atoms with Gasteiger partial charge in [-0.2, -0.15) is 0 Å². The van der Waals surface area contributed by atoms with E-state index in [0.717, 1.165) is 11.1 Å². The Bertz CT molecular complexity index is 824. The van der Waals surface area contributed by atoms with Crippen LogP contribution in [0.4, 0.5) is 4.39 Å². The molecule has 0 bridgehead atoms. The molecule has 122 valence electrons. The fourth-order valence-electron chi connectivity index (χ4n) is 2.58. The molecular weight excluding hydrogens is 325 g/mol. The van der Waals surface area contributed by atoms with Gasteiger partial charge in [-0.3, -0.25) is 5.32 Å². The van der Waals surface area contributed by atoms with Crippen LogP contribution < -0.4 is 5.32 Å². The summed E-state index contributed by atoms with van der Waals surface area (Å²) in [6, 6.07) is 14.3. The molecule has 0 aliphatic rings. The molecule has 0 aliphatic heterocycles. The van der Waals surface area contributed by atoms with Crippen molar-refractivity contribution < 1.29 is 4.39 Å². The highest BCUT2D eigenvalue weighted by atomic mass is 35.5. The van der Waals surface area contributed by atoms with Gasteiger partial charge in [0.1, 0.15) is 11.6 Å². The third-order valence-corrected chi connectivity index (χ3v) is 4.16. The van der Waals surface area contributed by atoms with E-state index in [1.54, 1.807) is 31.5 Å². The lowest BCUT2D eigenvalue weighted by Crippen LogP contribution is -2.23. The molecule has 1 heterocycles. The predicted molar refractivity (Wildman–Crippen MR) is 93.3 cm³/mol. The van der Waals surface area contributed by atoms with Crippen molar-refractivity contribution in [3.8, 4) is 0 Å². The van der Waals surface area contributed by atoms with Crippen molar-refractivity contribution >= 4 is 11.6 Å². The molecule has 0 saturated heterocycles. The lowest BCUT2D eigenvalue weighted by Gasteiger charge is -2.21. The van der Waals surface area contributed by atoms with E-state index in [4.69, 9.17) is 11.6 Å². The zero-order valence-corrected chi connectivity index (χ0v) is 14.0. The van der Waals surface area contributed by atoms with Gasteiger partial charge in [0.2, 0.25) is 0 Å². The number of hydrogen-bond acceptors (Lipinski definition) is 3. The highest BCUT2D eigenvalue weighted by molar-refractivity contribution is 6.31. The van der Waals surface area contributed by atoms with Gasteiger partial charge in [0.05, 0.1) is 12.6 Å². The number of benzene rings is 2. The molecule has 0 spiro atoms. The van der Waals surface area contributed by atoms with Gasteiger partial charge in [0, 0.05) is 17.4 Å². The van der Waals surface area contributed by atoms with Crippen molar-refractivity contribution in [2.45, 2.75) is 19.5 Å². The molecule has 1 aromatic heterocycles. The zero-order chi connectivity index (χ0) is 16.9. The van der Waals surface area contributed by atoms with Crippen molar-refractivity contribution in [1.82, 2.24) is 15.3 Å². The Hall–Kier alpha value is -2.30. The number of nitrogens with one attached hydrogen (secondary N) is 1. The van der Waals surface area contributed by atoms with Gasteiger partial charge in [-0.25, -0.2) is 14.4 Å². The van der Waals surface area contributed by atoms with Crippen molar-refractivity contribution in [3.63, 3.8) is 0 Å². The summed E-state index contributed by atoms with van der Waals surface area (Å²) in [6.45, 7) is 2.23. The molecule has 5 heteroatoms. The number of nitrogens with zero attached hydrogens (tertiary/aromatic N) is 2. The van der Waals surface area contributed by atoms with Gasteiger partial charge in [0.25, 0.3) is 0 Å². The summed E-state index contributed by atoms with van der Waals surface area (Å²) in [7, 11) is 0. The molecule has 0 unspecified atom stereocenters. The summed E-state index contributed by atoms with van der Waals surface area (Å²) in [6.07, 6.45) is 3.41. The maximum atomic E-state index is 13.6. The van der Waals surface area contributed by atoms with Crippen LogP contribution >= 0.6 is 11.6 Å². The zero-order valence-electron chi connectivity index (χ0n) is 13.2. The van der Waals surface area contributed by atoms with Crippen LogP contribution in [0.15, 0.2) is 60.9 Å². The quantitative estimate of drug-likeness (QED) is 0.744. The number of halogens is 2. The molecule has 0 fully saturated rings. The summed E-state index contributed by atoms with van der Waals surface area (Å²) in [4.78, 5) is 8.45. The molecule has 24 heavy (non-hydrogen) atoms. The Morgan fingerprint density at radius 3 is 2.54 bits per heavy atom. The average Bonchev–Trinajstić information content (AvgIpc) is 2.60. The van der Waals surface area contributed by atoms with Gasteiger partial charge in [-0.15, -0.1) is 0 Å². The van der Waals surface area contributed by atoms with Crippen molar-refractivity contribution in [3.05, 3.63) is 94.3 Å². The second kappa shape index (κ2) is 7.51. The van der Waals surface area contributed by atoms with E-state index in [2.05, 4.69) is 15.3 Å². The average molecular weight is 342 g/mol. The van der Waals surface area contributed by atoms with Gasteiger partial charge in [-0.05, 0) is 41.8 Å². The Balaban J connectivity index is 1.94. The molecule has 3 aromatic rings. The number of aryl methyl sites for hydroxylation is 1. The minimum Gasteiger partial charge on any atom is -0.299 e. The normalized spacial score (nSPS) is 12.1. The summed E-state index contributed by atoms with van der Waals surface area (Å²) >= 11 is 6.38. The Morgan fingerprint density at radius 2 is 1.83 bits per heavy atom. The second-order valence-electron chi connectivity index (χ2n) is 5.51. The van der Waals surface area contributed by atoms with Crippen LogP contribution in [0.5, 0.6) is 0 Å². The number of aromatic nitrogens is 2. The van der Waals surface area contributed by atoms with E-state index >= 15 is 0 Å². The van der Waals surface area contributed by atoms with Crippen LogP contribution in [0.1, 0.15) is 28.6 Å². The molecule has 2 aromatic carbocycles. The van der Waals surface area contributed by atoms with Crippen LogP contribution in [0.25, 0.3) is 0 Å². The molecule has 0 amide bonds. The first-order valence-corrected chi connectivity index (χ1v) is 8.02. The molecule has 0 radical (unpaired) electrons. The first kappa shape index (κ1) is 16.6. The maximum Gasteiger partial charge on any atom is 0.141 e. The number of rotatable bonds is 5. The summed E-state index contributed by atoms with van der Waals surface area (Å²) in [5.41, 5.74) is 2.47. The van der Waals surface area contributed by atoms with E-state index in [9.17, 15) is 4.39 Å². The lowest BCUT2D eigenvalue weighted by molar-refractivity contribution is 0.580. The SMILES string of the molecule is Cc1cc([C@H](NCc2ncccn2)c2ccccc2Cl)ccc1F. The van der Waals surface area contributed by atoms with Crippen LogP contribution in [-0.2, 0) is 6.54 Å². The summed E-state index contributed by atoms with van der Waals surface area (Å²) in [5, 5.41) is 4.08. The van der Waals surface area contributed by atoms with Gasteiger partial charge < -0.3 is 0 Å². The lowest BCUT2D eigenvalue weighted by atomic mass is 9.97. The number of hydrogen-bond donors (Lipinski definition) is 1. The van der Waals surface area contributed by atoms with E-state index in [-0.39, 0.29) is 11.9 Å². The van der Waals surface area contributed by atoms with E-state index < -0.39 is 0 Å². The van der Waals surface area contributed by atoms with Gasteiger partial charge >= 0.3 is 0 Å². The highest BCUT2D eigenvalue weighted by Crippen LogP contribution is 2.29. The molecule has 3 nitrogen and oxygen atoms in total. The highest BCUT2D eigenvalue weighted by Gasteiger charge is 2.17. The summed E-state index contributed by atoms with van der Waals surface area (Å²) < 4.78 is 13.6. The smallest absolute Gasteiger partial charge is 0.141 e. The molecule has 1 atom stereocenters. The topological polar surface area (TPSA) is 37.8 Å². The molecular formula is C19H17ClFN3. The summed E-state index contributed by atoms with van der Waals surface area (Å²) in [5.74, 6) is 0.469. The maximum absolute atomic E-state index is 13.6. The van der Waals surface area contributed by atoms with Crippen molar-refractivity contribution in [1.29, 1.82) is 0 Å². The minimum absolute atomic E-state index is 0.179. The van der Waals surface area contributed by atoms with Crippen LogP contribution in [0.2, 0.25) is 5.02 Å². The molecule has 1 N–H and O–H groups in total. The van der Waals surface area contributed by atoms with Crippen LogP contribution in [0.3, 0.4) is 0 Å². The van der Waals surface area contributed by atoms with Crippen LogP contribution in [-0.4, -0.2) is 9.97 Å². The fourth-order valence-corrected chi connectivity index (χ4v) is 2.82. The van der Waals surface area contributed by atoms with Crippen molar-refractivity contribution in [2.24, 2.45) is 0 Å². The molecule has 0 saturated carbocycles. The monoisotopic (exact) mass is 341 g/mol. The standard InChI is InChI=1S/C19H17ClFN3/c1-13-11-14(7-8-17(13)21)19(15-5-2-3-6-16(15)20)24-12-18-22-9-4-10-23-18/h2-11,19,24H,12H2,1H3/t19-/m0/s1. The molecule has 0 aliphatic carbocycles. The molecule has 3 rings (SSSR count). The largest absolute Gasteiger partial charge is 0.299 e. The Morgan fingerprint density at radius 1 is 1.08 bits per heavy atom. The van der Waals surface area contributed by atoms with Gasteiger partial charge in [0.15, 0.2) is 0 Å². The first-order chi connectivity index (χ1) is 11.6. The first-order valence-electron chi connectivity index (χ1n) is 7.65. The van der Waals surface area contributed by atoms with Crippen LogP contribution in [0, 0.1) is 12.7 Å². The Kier molecular flexibility index (Phi) is 5.18. The van der Waals surface area contributed by atoms with E-state index in [0.29, 0.717) is 23.0 Å². The van der Waals surface area contributed by atoms with Gasteiger partial charge in [-0.1, -0.05) is 41.9 Å².